The SMILES string of the molecule is CN1CCN(c2cc(OCCNC(=O)c3c[nH]c(=O)n(CC4CCCO4)c3=O)ncn2)CC1. The zero-order chi connectivity index (χ0) is 23.2. The molecule has 178 valence electrons. The number of carbonyl (C=O) groups excluding carboxylic acids is 1. The van der Waals surface area contributed by atoms with E-state index in [1.54, 1.807) is 6.07 Å². The average molecular weight is 460 g/mol. The largest absolute Gasteiger partial charge is 0.476 e. The predicted molar refractivity (Wildman–Crippen MR) is 120 cm³/mol. The summed E-state index contributed by atoms with van der Waals surface area (Å²) in [6, 6.07) is 1.78. The number of amides is 1. The van der Waals surface area contributed by atoms with Crippen LogP contribution in [-0.2, 0) is 11.3 Å². The maximum absolute atomic E-state index is 12.7. The topological polar surface area (TPSA) is 135 Å². The Morgan fingerprint density at radius 2 is 2.09 bits per heavy atom. The molecule has 0 saturated carbocycles. The molecule has 2 N–H and O–H groups in total. The number of anilines is 1. The maximum atomic E-state index is 12.7. The van der Waals surface area contributed by atoms with Gasteiger partial charge < -0.3 is 29.6 Å². The van der Waals surface area contributed by atoms with Gasteiger partial charge in [0.1, 0.15) is 24.3 Å². The number of aromatic nitrogens is 4. The molecule has 1 amide bonds. The van der Waals surface area contributed by atoms with Crippen molar-refractivity contribution in [2.45, 2.75) is 25.5 Å². The third-order valence-electron chi connectivity index (χ3n) is 5.81. The van der Waals surface area contributed by atoms with Crippen LogP contribution in [0.5, 0.6) is 5.88 Å². The molecular formula is C21H29N7O5. The lowest BCUT2D eigenvalue weighted by atomic mass is 10.2. The average Bonchev–Trinajstić information content (AvgIpc) is 3.33. The summed E-state index contributed by atoms with van der Waals surface area (Å²) >= 11 is 0. The standard InChI is InChI=1S/C21H29N7O5/c1-26-5-7-27(8-6-26)17-11-18(25-14-24-17)33-10-4-22-19(29)16-12-23-21(31)28(20(16)30)13-15-3-2-9-32-15/h11-12,14-15H,2-10,13H2,1H3,(H,22,29)(H,23,31). The molecule has 0 aliphatic carbocycles. The molecule has 2 aromatic rings. The van der Waals surface area contributed by atoms with E-state index in [0.29, 0.717) is 12.5 Å². The zero-order valence-corrected chi connectivity index (χ0v) is 18.7. The maximum Gasteiger partial charge on any atom is 0.328 e. The lowest BCUT2D eigenvalue weighted by molar-refractivity contribution is 0.0919. The molecule has 0 radical (unpaired) electrons. The van der Waals surface area contributed by atoms with Gasteiger partial charge >= 0.3 is 5.69 Å². The molecule has 4 rings (SSSR count). The highest BCUT2D eigenvalue weighted by Crippen LogP contribution is 2.17. The molecule has 0 aromatic carbocycles. The van der Waals surface area contributed by atoms with Crippen LogP contribution >= 0.6 is 0 Å². The normalized spacial score (nSPS) is 18.9. The molecule has 0 spiro atoms. The number of likely N-dealkylation sites (N-methyl/N-ethyl adjacent to an activating group) is 1. The summed E-state index contributed by atoms with van der Waals surface area (Å²) in [5.41, 5.74) is -1.33. The molecule has 33 heavy (non-hydrogen) atoms. The van der Waals surface area contributed by atoms with Gasteiger partial charge in [0.2, 0.25) is 5.88 Å². The van der Waals surface area contributed by atoms with Gasteiger partial charge in [-0.05, 0) is 19.9 Å². The van der Waals surface area contributed by atoms with Crippen molar-refractivity contribution in [2.24, 2.45) is 0 Å². The monoisotopic (exact) mass is 459 g/mol. The molecule has 4 heterocycles. The van der Waals surface area contributed by atoms with E-state index in [2.05, 4.69) is 37.1 Å². The molecular weight excluding hydrogens is 430 g/mol. The van der Waals surface area contributed by atoms with E-state index in [-0.39, 0.29) is 31.4 Å². The minimum absolute atomic E-state index is 0.127. The van der Waals surface area contributed by atoms with Crippen LogP contribution in [-0.4, -0.2) is 89.4 Å². The number of carbonyl (C=O) groups is 1. The van der Waals surface area contributed by atoms with Gasteiger partial charge in [-0.25, -0.2) is 14.8 Å². The van der Waals surface area contributed by atoms with E-state index in [0.717, 1.165) is 55.6 Å². The summed E-state index contributed by atoms with van der Waals surface area (Å²) in [4.78, 5) is 52.5. The Labute approximate surface area is 190 Å². The van der Waals surface area contributed by atoms with Crippen molar-refractivity contribution in [1.29, 1.82) is 0 Å². The van der Waals surface area contributed by atoms with Crippen LogP contribution in [0.1, 0.15) is 23.2 Å². The van der Waals surface area contributed by atoms with Crippen LogP contribution in [0.2, 0.25) is 0 Å². The predicted octanol–water partition coefficient (Wildman–Crippen LogP) is -0.934. The van der Waals surface area contributed by atoms with Gasteiger partial charge in [0.25, 0.3) is 11.5 Å². The Kier molecular flexibility index (Phi) is 7.35. The van der Waals surface area contributed by atoms with E-state index >= 15 is 0 Å². The minimum Gasteiger partial charge on any atom is -0.476 e. The van der Waals surface area contributed by atoms with E-state index in [9.17, 15) is 14.4 Å². The lowest BCUT2D eigenvalue weighted by Crippen LogP contribution is -2.44. The molecule has 2 aromatic heterocycles. The number of H-pyrrole nitrogens is 1. The fourth-order valence-corrected chi connectivity index (χ4v) is 3.86. The number of hydrogen-bond donors (Lipinski definition) is 2. The summed E-state index contributed by atoms with van der Waals surface area (Å²) < 4.78 is 12.2. The van der Waals surface area contributed by atoms with Gasteiger partial charge in [-0.15, -0.1) is 0 Å². The van der Waals surface area contributed by atoms with Crippen molar-refractivity contribution >= 4 is 11.7 Å². The smallest absolute Gasteiger partial charge is 0.328 e. The first-order valence-electron chi connectivity index (χ1n) is 11.1. The Bertz CT molecular complexity index is 1070. The van der Waals surface area contributed by atoms with Crippen LogP contribution in [0.4, 0.5) is 5.82 Å². The van der Waals surface area contributed by atoms with Crippen LogP contribution in [0, 0.1) is 0 Å². The van der Waals surface area contributed by atoms with Gasteiger partial charge in [-0.1, -0.05) is 0 Å². The molecule has 1 atom stereocenters. The molecule has 12 nitrogen and oxygen atoms in total. The van der Waals surface area contributed by atoms with E-state index < -0.39 is 17.2 Å². The second-order valence-electron chi connectivity index (χ2n) is 8.17. The highest BCUT2D eigenvalue weighted by Gasteiger charge is 2.21. The number of ether oxygens (including phenoxy) is 2. The third kappa shape index (κ3) is 5.76. The number of rotatable bonds is 8. The molecule has 1 unspecified atom stereocenters. The molecule has 2 aliphatic rings. The first-order valence-corrected chi connectivity index (χ1v) is 11.1. The quantitative estimate of drug-likeness (QED) is 0.480. The van der Waals surface area contributed by atoms with Gasteiger partial charge in [-0.3, -0.25) is 14.2 Å². The molecule has 2 fully saturated rings. The van der Waals surface area contributed by atoms with Crippen LogP contribution in [0.3, 0.4) is 0 Å². The number of nitrogens with zero attached hydrogens (tertiary/aromatic N) is 5. The molecule has 2 aliphatic heterocycles. The summed E-state index contributed by atoms with van der Waals surface area (Å²) in [7, 11) is 2.09. The van der Waals surface area contributed by atoms with Crippen LogP contribution < -0.4 is 26.2 Å². The van der Waals surface area contributed by atoms with E-state index in [1.807, 2.05) is 0 Å². The lowest BCUT2D eigenvalue weighted by Gasteiger charge is -2.33. The fraction of sp³-hybridized carbons (Fsp3) is 0.571. The Morgan fingerprint density at radius 3 is 2.85 bits per heavy atom. The van der Waals surface area contributed by atoms with Crippen molar-refractivity contribution in [2.75, 3.05) is 57.9 Å². The van der Waals surface area contributed by atoms with Gasteiger partial charge in [0.05, 0.1) is 19.2 Å². The number of hydrogen-bond acceptors (Lipinski definition) is 9. The van der Waals surface area contributed by atoms with Crippen molar-refractivity contribution in [3.05, 3.63) is 45.0 Å². The molecule has 12 heteroatoms. The molecule has 0 bridgehead atoms. The summed E-state index contributed by atoms with van der Waals surface area (Å²) in [5, 5.41) is 2.64. The van der Waals surface area contributed by atoms with E-state index in [4.69, 9.17) is 9.47 Å². The third-order valence-corrected chi connectivity index (χ3v) is 5.81. The van der Waals surface area contributed by atoms with Crippen LogP contribution in [0.25, 0.3) is 0 Å². The van der Waals surface area contributed by atoms with Crippen LogP contribution in [0.15, 0.2) is 28.2 Å². The van der Waals surface area contributed by atoms with Crippen molar-refractivity contribution < 1.29 is 14.3 Å². The van der Waals surface area contributed by atoms with Gasteiger partial charge in [-0.2, -0.15) is 0 Å². The molecule has 2 saturated heterocycles. The summed E-state index contributed by atoms with van der Waals surface area (Å²) in [6.07, 6.45) is 4.07. The fourth-order valence-electron chi connectivity index (χ4n) is 3.86. The van der Waals surface area contributed by atoms with Gasteiger partial charge in [0.15, 0.2) is 0 Å². The number of nitrogens with one attached hydrogen (secondary N) is 2. The van der Waals surface area contributed by atoms with Crippen molar-refractivity contribution in [3.8, 4) is 5.88 Å². The minimum atomic E-state index is -0.639. The summed E-state index contributed by atoms with van der Waals surface area (Å²) in [6.45, 7) is 4.76. The second kappa shape index (κ2) is 10.6. The van der Waals surface area contributed by atoms with Gasteiger partial charge in [0, 0.05) is 45.0 Å². The Balaban J connectivity index is 1.30. The second-order valence-corrected chi connectivity index (χ2v) is 8.17. The van der Waals surface area contributed by atoms with Crippen molar-refractivity contribution in [3.63, 3.8) is 0 Å². The highest BCUT2D eigenvalue weighted by atomic mass is 16.5. The Morgan fingerprint density at radius 1 is 1.27 bits per heavy atom. The number of piperazine rings is 1. The zero-order valence-electron chi connectivity index (χ0n) is 18.7. The Hall–Kier alpha value is -3.25. The van der Waals surface area contributed by atoms with Crippen molar-refractivity contribution in [1.82, 2.24) is 29.7 Å². The summed E-state index contributed by atoms with van der Waals surface area (Å²) in [5.74, 6) is 0.634. The van der Waals surface area contributed by atoms with E-state index in [1.165, 1.54) is 6.33 Å². The first kappa shape index (κ1) is 22.9. The number of aromatic amines is 1. The highest BCUT2D eigenvalue weighted by molar-refractivity contribution is 5.93. The first-order chi connectivity index (χ1) is 16.0.